The van der Waals surface area contributed by atoms with Gasteiger partial charge in [0.15, 0.2) is 0 Å². The lowest BCUT2D eigenvalue weighted by Crippen LogP contribution is -2.07. The number of anilines is 1. The summed E-state index contributed by atoms with van der Waals surface area (Å²) < 4.78 is 5.21. The van der Waals surface area contributed by atoms with Crippen molar-refractivity contribution in [2.24, 2.45) is 5.92 Å². The second-order valence-corrected chi connectivity index (χ2v) is 5.26. The molecule has 3 rings (SSSR count). The van der Waals surface area contributed by atoms with Gasteiger partial charge in [-0.2, -0.15) is 4.98 Å². The van der Waals surface area contributed by atoms with Crippen LogP contribution in [0.25, 0.3) is 22.2 Å². The Kier molecular flexibility index (Phi) is 3.37. The quantitative estimate of drug-likeness (QED) is 0.777. The summed E-state index contributed by atoms with van der Waals surface area (Å²) in [6, 6.07) is 14.9. The molecule has 0 radical (unpaired) electrons. The van der Waals surface area contributed by atoms with Gasteiger partial charge in [0.25, 0.3) is 0 Å². The molecule has 0 saturated heterocycles. The lowest BCUT2D eigenvalue weighted by atomic mass is 10.1. The zero-order valence-electron chi connectivity index (χ0n) is 11.6. The maximum absolute atomic E-state index is 5.21. The Morgan fingerprint density at radius 2 is 1.90 bits per heavy atom. The number of rotatable bonds is 4. The first kappa shape index (κ1) is 12.7. The van der Waals surface area contributed by atoms with E-state index in [4.69, 9.17) is 4.52 Å². The highest BCUT2D eigenvalue weighted by Gasteiger charge is 2.09. The molecular formula is C16H17N3O. The maximum Gasteiger partial charge on any atom is 0.321 e. The second-order valence-electron chi connectivity index (χ2n) is 5.26. The molecule has 0 amide bonds. The lowest BCUT2D eigenvalue weighted by Gasteiger charge is -2.02. The fraction of sp³-hybridized carbons (Fsp3) is 0.250. The summed E-state index contributed by atoms with van der Waals surface area (Å²) in [6.45, 7) is 5.08. The van der Waals surface area contributed by atoms with Crippen LogP contribution in [0.1, 0.15) is 13.8 Å². The van der Waals surface area contributed by atoms with Gasteiger partial charge in [-0.05, 0) is 22.8 Å². The number of hydrogen-bond donors (Lipinski definition) is 1. The number of nitrogens with zero attached hydrogens (tertiary/aromatic N) is 2. The highest BCUT2D eigenvalue weighted by Crippen LogP contribution is 2.23. The third kappa shape index (κ3) is 2.64. The smallest absolute Gasteiger partial charge is 0.321 e. The van der Waals surface area contributed by atoms with Gasteiger partial charge in [-0.25, -0.2) is 0 Å². The van der Waals surface area contributed by atoms with E-state index in [9.17, 15) is 0 Å². The van der Waals surface area contributed by atoms with Crippen molar-refractivity contribution >= 4 is 16.8 Å². The fourth-order valence-electron chi connectivity index (χ4n) is 2.03. The van der Waals surface area contributed by atoms with Crippen LogP contribution in [0.3, 0.4) is 0 Å². The van der Waals surface area contributed by atoms with Crippen molar-refractivity contribution < 1.29 is 4.52 Å². The van der Waals surface area contributed by atoms with E-state index in [2.05, 4.69) is 53.6 Å². The molecule has 102 valence electrons. The average Bonchev–Trinajstić information content (AvgIpc) is 2.93. The van der Waals surface area contributed by atoms with Gasteiger partial charge >= 0.3 is 6.01 Å². The minimum Gasteiger partial charge on any atom is -0.337 e. The molecule has 0 unspecified atom stereocenters. The molecule has 0 aliphatic heterocycles. The summed E-state index contributed by atoms with van der Waals surface area (Å²) in [6.07, 6.45) is 0. The van der Waals surface area contributed by atoms with E-state index in [0.717, 1.165) is 12.1 Å². The van der Waals surface area contributed by atoms with E-state index in [1.165, 1.54) is 10.8 Å². The molecule has 20 heavy (non-hydrogen) atoms. The van der Waals surface area contributed by atoms with E-state index in [1.807, 2.05) is 18.2 Å². The number of fused-ring (bicyclic) bond motifs is 1. The molecular weight excluding hydrogens is 250 g/mol. The van der Waals surface area contributed by atoms with Gasteiger partial charge in [-0.15, -0.1) is 0 Å². The van der Waals surface area contributed by atoms with E-state index in [1.54, 1.807) is 0 Å². The zero-order chi connectivity index (χ0) is 13.9. The van der Waals surface area contributed by atoms with Gasteiger partial charge in [-0.1, -0.05) is 55.4 Å². The first-order valence-corrected chi connectivity index (χ1v) is 6.79. The molecule has 2 aromatic carbocycles. The summed E-state index contributed by atoms with van der Waals surface area (Å²) >= 11 is 0. The topological polar surface area (TPSA) is 51.0 Å². The Balaban J connectivity index is 1.87. The van der Waals surface area contributed by atoms with Gasteiger partial charge in [0.1, 0.15) is 0 Å². The molecule has 0 atom stereocenters. The molecule has 0 bridgehead atoms. The van der Waals surface area contributed by atoms with Crippen molar-refractivity contribution in [3.05, 3.63) is 42.5 Å². The summed E-state index contributed by atoms with van der Waals surface area (Å²) in [5.41, 5.74) is 0.963. The molecule has 0 spiro atoms. The second kappa shape index (κ2) is 5.33. The van der Waals surface area contributed by atoms with E-state index in [0.29, 0.717) is 17.8 Å². The van der Waals surface area contributed by atoms with Crippen LogP contribution < -0.4 is 5.32 Å². The van der Waals surface area contributed by atoms with Gasteiger partial charge in [0.05, 0.1) is 0 Å². The number of hydrogen-bond acceptors (Lipinski definition) is 4. The minimum atomic E-state index is 0.474. The van der Waals surface area contributed by atoms with E-state index < -0.39 is 0 Å². The van der Waals surface area contributed by atoms with E-state index >= 15 is 0 Å². The Bertz CT molecular complexity index is 718. The van der Waals surface area contributed by atoms with Gasteiger partial charge in [0.2, 0.25) is 5.82 Å². The molecule has 0 aliphatic rings. The fourth-order valence-corrected chi connectivity index (χ4v) is 2.03. The van der Waals surface area contributed by atoms with Crippen LogP contribution in [-0.4, -0.2) is 16.7 Å². The number of aromatic nitrogens is 2. The predicted molar refractivity (Wildman–Crippen MR) is 80.6 cm³/mol. The van der Waals surface area contributed by atoms with Crippen LogP contribution in [-0.2, 0) is 0 Å². The molecule has 4 nitrogen and oxygen atoms in total. The van der Waals surface area contributed by atoms with Crippen LogP contribution in [0.2, 0.25) is 0 Å². The van der Waals surface area contributed by atoms with Crippen molar-refractivity contribution in [3.8, 4) is 11.4 Å². The molecule has 4 heteroatoms. The average molecular weight is 267 g/mol. The van der Waals surface area contributed by atoms with Crippen molar-refractivity contribution in [2.45, 2.75) is 13.8 Å². The molecule has 0 aliphatic carbocycles. The van der Waals surface area contributed by atoms with Crippen molar-refractivity contribution in [3.63, 3.8) is 0 Å². The molecule has 0 saturated carbocycles. The molecule has 1 aromatic heterocycles. The SMILES string of the molecule is CC(C)CNc1nc(-c2ccc3ccccc3c2)no1. The Morgan fingerprint density at radius 1 is 1.10 bits per heavy atom. The monoisotopic (exact) mass is 267 g/mol. The zero-order valence-corrected chi connectivity index (χ0v) is 11.6. The van der Waals surface area contributed by atoms with Crippen LogP contribution in [0.15, 0.2) is 47.0 Å². The predicted octanol–water partition coefficient (Wildman–Crippen LogP) is 3.96. The van der Waals surface area contributed by atoms with Crippen molar-refractivity contribution in [1.82, 2.24) is 10.1 Å². The standard InChI is InChI=1S/C16H17N3O/c1-11(2)10-17-16-18-15(19-20-16)14-8-7-12-5-3-4-6-13(12)9-14/h3-9,11H,10H2,1-2H3,(H,17,18,19). The van der Waals surface area contributed by atoms with Crippen LogP contribution >= 0.6 is 0 Å². The third-order valence-electron chi connectivity index (χ3n) is 3.10. The molecule has 1 heterocycles. The Labute approximate surface area is 117 Å². The first-order valence-electron chi connectivity index (χ1n) is 6.79. The molecule has 0 fully saturated rings. The Hall–Kier alpha value is -2.36. The summed E-state index contributed by atoms with van der Waals surface area (Å²) in [4.78, 5) is 4.37. The van der Waals surface area contributed by atoms with Gasteiger partial charge in [0, 0.05) is 12.1 Å². The van der Waals surface area contributed by atoms with Gasteiger partial charge < -0.3 is 9.84 Å². The first-order chi connectivity index (χ1) is 9.72. The van der Waals surface area contributed by atoms with Crippen LogP contribution in [0.4, 0.5) is 6.01 Å². The number of nitrogens with one attached hydrogen (secondary N) is 1. The van der Waals surface area contributed by atoms with Crippen molar-refractivity contribution in [2.75, 3.05) is 11.9 Å². The summed E-state index contributed by atoms with van der Waals surface area (Å²) in [7, 11) is 0. The largest absolute Gasteiger partial charge is 0.337 e. The normalized spacial score (nSPS) is 11.2. The highest BCUT2D eigenvalue weighted by atomic mass is 16.5. The van der Waals surface area contributed by atoms with Crippen LogP contribution in [0.5, 0.6) is 0 Å². The van der Waals surface area contributed by atoms with E-state index in [-0.39, 0.29) is 0 Å². The minimum absolute atomic E-state index is 0.474. The Morgan fingerprint density at radius 3 is 2.70 bits per heavy atom. The number of benzene rings is 2. The molecule has 1 N–H and O–H groups in total. The summed E-state index contributed by atoms with van der Waals surface area (Å²) in [5, 5.41) is 9.53. The maximum atomic E-state index is 5.21. The summed E-state index contributed by atoms with van der Waals surface area (Å²) in [5.74, 6) is 1.15. The van der Waals surface area contributed by atoms with Crippen molar-refractivity contribution in [1.29, 1.82) is 0 Å². The molecule has 3 aromatic rings. The van der Waals surface area contributed by atoms with Gasteiger partial charge in [-0.3, -0.25) is 0 Å². The highest BCUT2D eigenvalue weighted by molar-refractivity contribution is 5.86. The van der Waals surface area contributed by atoms with Crippen LogP contribution in [0, 0.1) is 5.92 Å². The third-order valence-corrected chi connectivity index (χ3v) is 3.10. The lowest BCUT2D eigenvalue weighted by molar-refractivity contribution is 0.430.